The first-order valence-electron chi connectivity index (χ1n) is 7.09. The SMILES string of the molecule is CCOc1ccccc1NC(=O)COc1ccc([N+](=O)[O-])cc1Cl. The van der Waals surface area contributed by atoms with Gasteiger partial charge in [-0.15, -0.1) is 0 Å². The first kappa shape index (κ1) is 17.6. The highest BCUT2D eigenvalue weighted by Crippen LogP contribution is 2.29. The number of nitro groups is 1. The average molecular weight is 351 g/mol. The van der Waals surface area contributed by atoms with Crippen molar-refractivity contribution in [1.82, 2.24) is 0 Å². The molecule has 0 aromatic heterocycles. The van der Waals surface area contributed by atoms with Crippen LogP contribution in [0.5, 0.6) is 11.5 Å². The van der Waals surface area contributed by atoms with Crippen molar-refractivity contribution in [3.8, 4) is 11.5 Å². The van der Waals surface area contributed by atoms with E-state index in [2.05, 4.69) is 5.32 Å². The van der Waals surface area contributed by atoms with Gasteiger partial charge in [0.15, 0.2) is 6.61 Å². The fourth-order valence-electron chi connectivity index (χ4n) is 1.90. The van der Waals surface area contributed by atoms with Crippen LogP contribution in [0.4, 0.5) is 11.4 Å². The molecule has 7 nitrogen and oxygen atoms in total. The molecular formula is C16H15ClN2O5. The summed E-state index contributed by atoms with van der Waals surface area (Å²) in [6.45, 7) is 2.03. The minimum absolute atomic E-state index is 0.0618. The molecule has 2 rings (SSSR count). The smallest absolute Gasteiger partial charge is 0.271 e. The van der Waals surface area contributed by atoms with Crippen LogP contribution in [-0.2, 0) is 4.79 Å². The summed E-state index contributed by atoms with van der Waals surface area (Å²) in [6, 6.07) is 10.8. The Labute approximate surface area is 143 Å². The van der Waals surface area contributed by atoms with E-state index in [4.69, 9.17) is 21.1 Å². The molecule has 0 saturated heterocycles. The Balaban J connectivity index is 1.98. The number of halogens is 1. The van der Waals surface area contributed by atoms with E-state index in [1.807, 2.05) is 6.92 Å². The number of anilines is 1. The highest BCUT2D eigenvalue weighted by atomic mass is 35.5. The van der Waals surface area contributed by atoms with Gasteiger partial charge in [-0.05, 0) is 25.1 Å². The minimum Gasteiger partial charge on any atom is -0.492 e. The molecule has 0 aliphatic heterocycles. The number of benzene rings is 2. The number of para-hydroxylation sites is 2. The van der Waals surface area contributed by atoms with Gasteiger partial charge in [-0.2, -0.15) is 0 Å². The van der Waals surface area contributed by atoms with Gasteiger partial charge in [-0.25, -0.2) is 0 Å². The Morgan fingerprint density at radius 1 is 1.21 bits per heavy atom. The molecule has 0 unspecified atom stereocenters. The van der Waals surface area contributed by atoms with Gasteiger partial charge in [0.1, 0.15) is 11.5 Å². The van der Waals surface area contributed by atoms with Gasteiger partial charge in [-0.1, -0.05) is 23.7 Å². The molecule has 2 aromatic rings. The Bertz CT molecular complexity index is 751. The first-order chi connectivity index (χ1) is 11.5. The summed E-state index contributed by atoms with van der Waals surface area (Å²) in [7, 11) is 0. The van der Waals surface area contributed by atoms with Gasteiger partial charge in [0.25, 0.3) is 11.6 Å². The van der Waals surface area contributed by atoms with Crippen LogP contribution in [0.15, 0.2) is 42.5 Å². The standard InChI is InChI=1S/C16H15ClN2O5/c1-2-23-15-6-4-3-5-13(15)18-16(20)10-24-14-8-7-11(19(21)22)9-12(14)17/h3-9H,2,10H2,1H3,(H,18,20). The van der Waals surface area contributed by atoms with Crippen LogP contribution < -0.4 is 14.8 Å². The summed E-state index contributed by atoms with van der Waals surface area (Å²) < 4.78 is 10.7. The number of rotatable bonds is 7. The van der Waals surface area contributed by atoms with Crippen molar-refractivity contribution in [2.45, 2.75) is 6.92 Å². The van der Waals surface area contributed by atoms with Crippen molar-refractivity contribution in [3.63, 3.8) is 0 Å². The number of nitrogens with one attached hydrogen (secondary N) is 1. The number of hydrogen-bond acceptors (Lipinski definition) is 5. The normalized spacial score (nSPS) is 10.1. The van der Waals surface area contributed by atoms with E-state index >= 15 is 0 Å². The van der Waals surface area contributed by atoms with E-state index in [-0.39, 0.29) is 23.1 Å². The molecule has 0 saturated carbocycles. The fourth-order valence-corrected chi connectivity index (χ4v) is 2.13. The zero-order chi connectivity index (χ0) is 17.5. The molecule has 8 heteroatoms. The molecule has 0 fully saturated rings. The fraction of sp³-hybridized carbons (Fsp3) is 0.188. The van der Waals surface area contributed by atoms with Crippen LogP contribution in [0.3, 0.4) is 0 Å². The van der Waals surface area contributed by atoms with Gasteiger partial charge in [-0.3, -0.25) is 14.9 Å². The third kappa shape index (κ3) is 4.60. The summed E-state index contributed by atoms with van der Waals surface area (Å²) in [5.74, 6) is 0.341. The lowest BCUT2D eigenvalue weighted by atomic mass is 10.3. The summed E-state index contributed by atoms with van der Waals surface area (Å²) in [6.07, 6.45) is 0. The Kier molecular flexibility index (Phi) is 5.97. The van der Waals surface area contributed by atoms with Gasteiger partial charge in [0, 0.05) is 12.1 Å². The highest BCUT2D eigenvalue weighted by Gasteiger charge is 2.12. The molecule has 0 atom stereocenters. The topological polar surface area (TPSA) is 90.7 Å². The molecule has 0 heterocycles. The highest BCUT2D eigenvalue weighted by molar-refractivity contribution is 6.32. The van der Waals surface area contributed by atoms with Gasteiger partial charge in [0.05, 0.1) is 22.2 Å². The monoisotopic (exact) mass is 350 g/mol. The van der Waals surface area contributed by atoms with E-state index < -0.39 is 10.8 Å². The van der Waals surface area contributed by atoms with Gasteiger partial charge < -0.3 is 14.8 Å². The van der Waals surface area contributed by atoms with Gasteiger partial charge in [0.2, 0.25) is 0 Å². The van der Waals surface area contributed by atoms with Crippen LogP contribution in [0, 0.1) is 10.1 Å². The van der Waals surface area contributed by atoms with Crippen molar-refractivity contribution in [2.75, 3.05) is 18.5 Å². The molecule has 0 bridgehead atoms. The zero-order valence-corrected chi connectivity index (χ0v) is 13.6. The number of non-ortho nitro benzene ring substituents is 1. The lowest BCUT2D eigenvalue weighted by Gasteiger charge is -2.12. The van der Waals surface area contributed by atoms with E-state index in [0.717, 1.165) is 0 Å². The van der Waals surface area contributed by atoms with E-state index in [1.54, 1.807) is 24.3 Å². The largest absolute Gasteiger partial charge is 0.492 e. The van der Waals surface area contributed by atoms with Crippen LogP contribution in [0.2, 0.25) is 5.02 Å². The summed E-state index contributed by atoms with van der Waals surface area (Å²) >= 11 is 5.90. The number of carbonyl (C=O) groups excluding carboxylic acids is 1. The third-order valence-electron chi connectivity index (χ3n) is 2.95. The molecule has 0 aliphatic rings. The average Bonchev–Trinajstić information content (AvgIpc) is 2.55. The number of carbonyl (C=O) groups is 1. The number of ether oxygens (including phenoxy) is 2. The van der Waals surface area contributed by atoms with E-state index in [1.165, 1.54) is 18.2 Å². The van der Waals surface area contributed by atoms with Crippen LogP contribution in [0.1, 0.15) is 6.92 Å². The van der Waals surface area contributed by atoms with Crippen LogP contribution >= 0.6 is 11.6 Å². The number of amides is 1. The Morgan fingerprint density at radius 3 is 2.62 bits per heavy atom. The summed E-state index contributed by atoms with van der Waals surface area (Å²) in [5, 5.41) is 13.4. The Morgan fingerprint density at radius 2 is 1.96 bits per heavy atom. The predicted octanol–water partition coefficient (Wildman–Crippen LogP) is 3.66. The maximum atomic E-state index is 12.0. The third-order valence-corrected chi connectivity index (χ3v) is 3.24. The predicted molar refractivity (Wildman–Crippen MR) is 89.8 cm³/mol. The molecule has 0 radical (unpaired) electrons. The van der Waals surface area contributed by atoms with Crippen molar-refractivity contribution in [1.29, 1.82) is 0 Å². The second-order valence-electron chi connectivity index (χ2n) is 4.64. The first-order valence-corrected chi connectivity index (χ1v) is 7.47. The molecular weight excluding hydrogens is 336 g/mol. The lowest BCUT2D eigenvalue weighted by molar-refractivity contribution is -0.384. The second kappa shape index (κ2) is 8.16. The molecule has 0 spiro atoms. The second-order valence-corrected chi connectivity index (χ2v) is 5.05. The summed E-state index contributed by atoms with van der Waals surface area (Å²) in [5.41, 5.74) is 0.380. The van der Waals surface area contributed by atoms with Crippen molar-refractivity contribution < 1.29 is 19.2 Å². The molecule has 1 amide bonds. The minimum atomic E-state index is -0.562. The molecule has 126 valence electrons. The Hall–Kier alpha value is -2.80. The van der Waals surface area contributed by atoms with Crippen molar-refractivity contribution >= 4 is 28.9 Å². The van der Waals surface area contributed by atoms with Crippen molar-refractivity contribution in [3.05, 3.63) is 57.6 Å². The van der Waals surface area contributed by atoms with Gasteiger partial charge >= 0.3 is 0 Å². The zero-order valence-electron chi connectivity index (χ0n) is 12.8. The van der Waals surface area contributed by atoms with Crippen LogP contribution in [0.25, 0.3) is 0 Å². The number of nitrogens with zero attached hydrogens (tertiary/aromatic N) is 1. The lowest BCUT2D eigenvalue weighted by Crippen LogP contribution is -2.20. The van der Waals surface area contributed by atoms with E-state index in [9.17, 15) is 14.9 Å². The summed E-state index contributed by atoms with van der Waals surface area (Å²) in [4.78, 5) is 22.1. The maximum absolute atomic E-state index is 12.0. The quantitative estimate of drug-likeness (QED) is 0.607. The molecule has 0 aliphatic carbocycles. The molecule has 24 heavy (non-hydrogen) atoms. The van der Waals surface area contributed by atoms with Crippen LogP contribution in [-0.4, -0.2) is 24.0 Å². The maximum Gasteiger partial charge on any atom is 0.271 e. The number of hydrogen-bond donors (Lipinski definition) is 1. The van der Waals surface area contributed by atoms with E-state index in [0.29, 0.717) is 18.0 Å². The molecule has 1 N–H and O–H groups in total. The number of nitro benzene ring substituents is 1. The van der Waals surface area contributed by atoms with Crippen molar-refractivity contribution in [2.24, 2.45) is 0 Å². The molecule has 2 aromatic carbocycles.